The fraction of sp³-hybridized carbons (Fsp3) is 0.611. The molecule has 0 aromatic heterocycles. The molecule has 1 saturated carbocycles. The van der Waals surface area contributed by atoms with Crippen LogP contribution >= 0.6 is 11.8 Å². The number of thioether (sulfide) groups is 1. The minimum atomic E-state index is -0.0705. The second-order valence-electron chi connectivity index (χ2n) is 5.99. The van der Waals surface area contributed by atoms with Crippen molar-refractivity contribution in [1.29, 1.82) is 0 Å². The number of rotatable bonds is 5. The summed E-state index contributed by atoms with van der Waals surface area (Å²) in [6.45, 7) is 1.98. The van der Waals surface area contributed by atoms with Crippen LogP contribution in [0.4, 0.5) is 0 Å². The first-order valence-corrected chi connectivity index (χ1v) is 9.18. The molecule has 1 atom stereocenters. The Balaban J connectivity index is 1.82. The van der Waals surface area contributed by atoms with E-state index in [1.165, 1.54) is 32.1 Å². The van der Waals surface area contributed by atoms with Gasteiger partial charge in [0.05, 0.1) is 12.4 Å². The molecule has 2 rings (SSSR count). The second-order valence-corrected chi connectivity index (χ2v) is 7.40. The summed E-state index contributed by atoms with van der Waals surface area (Å²) in [6, 6.07) is 8.24. The molecule has 0 radical (unpaired) electrons. The lowest BCUT2D eigenvalue weighted by Crippen LogP contribution is -2.39. The molecule has 0 heterocycles. The number of ether oxygens (including phenoxy) is 1. The lowest BCUT2D eigenvalue weighted by atomic mass is 9.97. The molecule has 0 spiro atoms. The van der Waals surface area contributed by atoms with Gasteiger partial charge in [-0.25, -0.2) is 0 Å². The fourth-order valence-corrected chi connectivity index (χ4v) is 3.71. The molecule has 1 aliphatic rings. The average Bonchev–Trinajstić information content (AvgIpc) is 2.50. The first-order chi connectivity index (χ1) is 10.7. The van der Waals surface area contributed by atoms with E-state index in [2.05, 4.69) is 5.32 Å². The van der Waals surface area contributed by atoms with E-state index in [4.69, 9.17) is 4.74 Å². The second kappa shape index (κ2) is 9.09. The number of benzene rings is 1. The zero-order chi connectivity index (χ0) is 15.8. The Morgan fingerprint density at radius 3 is 2.32 bits per heavy atom. The molecule has 22 heavy (non-hydrogen) atoms. The van der Waals surface area contributed by atoms with E-state index in [1.54, 1.807) is 18.9 Å². The van der Waals surface area contributed by atoms with Crippen molar-refractivity contribution in [1.82, 2.24) is 5.32 Å². The first-order valence-electron chi connectivity index (χ1n) is 8.30. The van der Waals surface area contributed by atoms with Crippen LogP contribution in [0.2, 0.25) is 0 Å². The molecule has 1 fully saturated rings. The molecular formula is C18H27NO2S. The number of carbonyl (C=O) groups excluding carboxylic acids is 1. The lowest BCUT2D eigenvalue weighted by molar-refractivity contribution is -0.121. The molecule has 1 aromatic rings. The molecule has 1 N–H and O–H groups in total. The van der Waals surface area contributed by atoms with Gasteiger partial charge in [-0.05, 0) is 44.0 Å². The number of nitrogens with one attached hydrogen (secondary N) is 1. The van der Waals surface area contributed by atoms with Crippen molar-refractivity contribution in [3.05, 3.63) is 24.3 Å². The zero-order valence-corrected chi connectivity index (χ0v) is 14.5. The van der Waals surface area contributed by atoms with Crippen molar-refractivity contribution in [2.75, 3.05) is 7.11 Å². The standard InChI is InChI=1S/C18H27NO2S/c1-14(22-17-12-10-16(21-2)11-13-17)18(20)19-15-8-6-4-3-5-7-9-15/h10-15H,3-9H2,1-2H3,(H,19,20)/t14-/m0/s1. The monoisotopic (exact) mass is 321 g/mol. The van der Waals surface area contributed by atoms with Crippen LogP contribution in [-0.4, -0.2) is 24.3 Å². The number of hydrogen-bond donors (Lipinski definition) is 1. The van der Waals surface area contributed by atoms with Crippen molar-refractivity contribution in [3.63, 3.8) is 0 Å². The predicted octanol–water partition coefficient (Wildman–Crippen LogP) is 4.40. The van der Waals surface area contributed by atoms with Gasteiger partial charge in [0.2, 0.25) is 5.91 Å². The molecule has 3 nitrogen and oxygen atoms in total. The van der Waals surface area contributed by atoms with Crippen LogP contribution in [0.25, 0.3) is 0 Å². The SMILES string of the molecule is COc1ccc(S[C@@H](C)C(=O)NC2CCCCCCC2)cc1. The van der Waals surface area contributed by atoms with Gasteiger partial charge in [-0.1, -0.05) is 32.1 Å². The number of methoxy groups -OCH3 is 1. The largest absolute Gasteiger partial charge is 0.497 e. The van der Waals surface area contributed by atoms with Crippen LogP contribution < -0.4 is 10.1 Å². The van der Waals surface area contributed by atoms with Crippen molar-refractivity contribution < 1.29 is 9.53 Å². The highest BCUT2D eigenvalue weighted by Gasteiger charge is 2.19. The van der Waals surface area contributed by atoms with Crippen LogP contribution in [-0.2, 0) is 4.79 Å². The predicted molar refractivity (Wildman–Crippen MR) is 92.6 cm³/mol. The van der Waals surface area contributed by atoms with Crippen molar-refractivity contribution >= 4 is 17.7 Å². The molecule has 0 saturated heterocycles. The molecule has 122 valence electrons. The summed E-state index contributed by atoms with van der Waals surface area (Å²) in [5, 5.41) is 3.17. The maximum atomic E-state index is 12.4. The topological polar surface area (TPSA) is 38.3 Å². The molecule has 4 heteroatoms. The minimum Gasteiger partial charge on any atom is -0.497 e. The molecule has 0 bridgehead atoms. The molecule has 0 unspecified atom stereocenters. The lowest BCUT2D eigenvalue weighted by Gasteiger charge is -2.22. The van der Waals surface area contributed by atoms with Gasteiger partial charge >= 0.3 is 0 Å². The molecule has 1 aromatic carbocycles. The van der Waals surface area contributed by atoms with E-state index >= 15 is 0 Å². The van der Waals surface area contributed by atoms with Gasteiger partial charge in [-0.15, -0.1) is 11.8 Å². The van der Waals surface area contributed by atoms with E-state index in [0.717, 1.165) is 23.5 Å². The third-order valence-electron chi connectivity index (χ3n) is 4.19. The van der Waals surface area contributed by atoms with E-state index < -0.39 is 0 Å². The quantitative estimate of drug-likeness (QED) is 0.817. The smallest absolute Gasteiger partial charge is 0.233 e. The van der Waals surface area contributed by atoms with Crippen LogP contribution in [0.1, 0.15) is 51.9 Å². The highest BCUT2D eigenvalue weighted by Crippen LogP contribution is 2.26. The molecule has 1 aliphatic carbocycles. The van der Waals surface area contributed by atoms with Gasteiger partial charge in [0, 0.05) is 10.9 Å². The maximum absolute atomic E-state index is 12.4. The average molecular weight is 321 g/mol. The molecular weight excluding hydrogens is 294 g/mol. The summed E-state index contributed by atoms with van der Waals surface area (Å²) < 4.78 is 5.16. The maximum Gasteiger partial charge on any atom is 0.233 e. The van der Waals surface area contributed by atoms with Crippen molar-refractivity contribution in [3.8, 4) is 5.75 Å². The fourth-order valence-electron chi connectivity index (χ4n) is 2.83. The minimum absolute atomic E-state index is 0.0705. The van der Waals surface area contributed by atoms with Gasteiger partial charge in [0.15, 0.2) is 0 Å². The van der Waals surface area contributed by atoms with Crippen molar-refractivity contribution in [2.24, 2.45) is 0 Å². The normalized spacial score (nSPS) is 18.1. The number of hydrogen-bond acceptors (Lipinski definition) is 3. The molecule has 0 aliphatic heterocycles. The Morgan fingerprint density at radius 2 is 1.73 bits per heavy atom. The third-order valence-corrected chi connectivity index (χ3v) is 5.31. The van der Waals surface area contributed by atoms with Crippen LogP contribution in [0.5, 0.6) is 5.75 Å². The van der Waals surface area contributed by atoms with Gasteiger partial charge in [-0.3, -0.25) is 4.79 Å². The molecule has 1 amide bonds. The first kappa shape index (κ1) is 17.2. The van der Waals surface area contributed by atoms with E-state index in [-0.39, 0.29) is 11.2 Å². The van der Waals surface area contributed by atoms with Crippen LogP contribution in [0.15, 0.2) is 29.2 Å². The summed E-state index contributed by atoms with van der Waals surface area (Å²) in [4.78, 5) is 13.5. The Kier molecular flexibility index (Phi) is 7.10. The number of amides is 1. The summed E-state index contributed by atoms with van der Waals surface area (Å²) in [6.07, 6.45) is 8.71. The van der Waals surface area contributed by atoms with Gasteiger partial charge in [0.1, 0.15) is 5.75 Å². The Bertz CT molecular complexity index is 453. The van der Waals surface area contributed by atoms with E-state index in [9.17, 15) is 4.79 Å². The summed E-state index contributed by atoms with van der Waals surface area (Å²) in [7, 11) is 1.66. The Labute approximate surface area is 138 Å². The Hall–Kier alpha value is -1.16. The Morgan fingerprint density at radius 1 is 1.14 bits per heavy atom. The summed E-state index contributed by atoms with van der Waals surface area (Å²) >= 11 is 1.60. The van der Waals surface area contributed by atoms with Gasteiger partial charge < -0.3 is 10.1 Å². The van der Waals surface area contributed by atoms with Gasteiger partial charge in [-0.2, -0.15) is 0 Å². The van der Waals surface area contributed by atoms with Gasteiger partial charge in [0.25, 0.3) is 0 Å². The van der Waals surface area contributed by atoms with Crippen LogP contribution in [0, 0.1) is 0 Å². The van der Waals surface area contributed by atoms with Crippen molar-refractivity contribution in [2.45, 2.75) is 68.1 Å². The highest BCUT2D eigenvalue weighted by molar-refractivity contribution is 8.00. The zero-order valence-electron chi connectivity index (χ0n) is 13.6. The highest BCUT2D eigenvalue weighted by atomic mass is 32.2. The van der Waals surface area contributed by atoms with Crippen LogP contribution in [0.3, 0.4) is 0 Å². The summed E-state index contributed by atoms with van der Waals surface area (Å²) in [5.74, 6) is 1.00. The van der Waals surface area contributed by atoms with E-state index in [0.29, 0.717) is 6.04 Å². The third kappa shape index (κ3) is 5.56. The van der Waals surface area contributed by atoms with E-state index in [1.807, 2.05) is 31.2 Å². The number of carbonyl (C=O) groups is 1. The summed E-state index contributed by atoms with van der Waals surface area (Å²) in [5.41, 5.74) is 0.